The first-order chi connectivity index (χ1) is 8.29. The van der Waals surface area contributed by atoms with Gasteiger partial charge in [-0.05, 0) is 6.07 Å². The number of aromatic nitrogens is 2. The lowest BCUT2D eigenvalue weighted by atomic mass is 10.1. The number of para-hydroxylation sites is 1. The van der Waals surface area contributed by atoms with E-state index in [0.717, 1.165) is 22.9 Å². The van der Waals surface area contributed by atoms with E-state index in [1.54, 1.807) is 0 Å². The number of nitrogens with one attached hydrogen (secondary N) is 1. The van der Waals surface area contributed by atoms with Crippen LogP contribution in [0.3, 0.4) is 0 Å². The van der Waals surface area contributed by atoms with E-state index in [1.807, 2.05) is 37.4 Å². The van der Waals surface area contributed by atoms with Crippen molar-refractivity contribution >= 4 is 22.5 Å². The van der Waals surface area contributed by atoms with Crippen LogP contribution < -0.4 is 0 Å². The molecular formula is C13H11ClN2O. The predicted octanol–water partition coefficient (Wildman–Crippen LogP) is 4.04. The van der Waals surface area contributed by atoms with Crippen molar-refractivity contribution in [1.29, 1.82) is 0 Å². The van der Waals surface area contributed by atoms with Crippen molar-refractivity contribution in [3.8, 4) is 11.3 Å². The molecule has 3 nitrogen and oxygen atoms in total. The van der Waals surface area contributed by atoms with E-state index in [0.29, 0.717) is 16.8 Å². The molecule has 0 amide bonds. The molecule has 1 N–H and O–H groups in total. The van der Waals surface area contributed by atoms with Gasteiger partial charge in [0.2, 0.25) is 0 Å². The molecule has 86 valence electrons. The molecule has 0 radical (unpaired) electrons. The molecule has 4 heteroatoms. The largest absolute Gasteiger partial charge is 0.439 e. The fraction of sp³-hybridized carbons (Fsp3) is 0.154. The lowest BCUT2D eigenvalue weighted by Crippen LogP contribution is -1.74. The maximum atomic E-state index is 6.10. The Balaban J connectivity index is 2.23. The van der Waals surface area contributed by atoms with Crippen LogP contribution in [0.5, 0.6) is 0 Å². The second-order valence-corrected chi connectivity index (χ2v) is 4.19. The third-order valence-corrected chi connectivity index (χ3v) is 3.02. The van der Waals surface area contributed by atoms with Gasteiger partial charge in [-0.15, -0.1) is 0 Å². The molecule has 2 heterocycles. The minimum Gasteiger partial charge on any atom is -0.439 e. The summed E-state index contributed by atoms with van der Waals surface area (Å²) in [6.45, 7) is 1.99. The fourth-order valence-corrected chi connectivity index (χ4v) is 2.15. The van der Waals surface area contributed by atoms with Gasteiger partial charge in [0.1, 0.15) is 0 Å². The van der Waals surface area contributed by atoms with Crippen LogP contribution in [0.1, 0.15) is 12.8 Å². The first kappa shape index (κ1) is 10.4. The summed E-state index contributed by atoms with van der Waals surface area (Å²) in [6, 6.07) is 8.03. The standard InChI is InChI=1S/C13H11ClN2O/c1-2-11-16-13(14)12(17-11)9-7-15-10-6-4-3-5-8(9)10/h3-7,15H,2H2,1H3. The second kappa shape index (κ2) is 3.93. The number of oxazole rings is 1. The summed E-state index contributed by atoms with van der Waals surface area (Å²) in [4.78, 5) is 7.37. The summed E-state index contributed by atoms with van der Waals surface area (Å²) in [5.74, 6) is 1.30. The number of hydrogen-bond acceptors (Lipinski definition) is 2. The smallest absolute Gasteiger partial charge is 0.196 e. The van der Waals surface area contributed by atoms with Crippen LogP contribution >= 0.6 is 11.6 Å². The van der Waals surface area contributed by atoms with Crippen LogP contribution in [-0.2, 0) is 6.42 Å². The average molecular weight is 247 g/mol. The van der Waals surface area contributed by atoms with Crippen LogP contribution in [0.15, 0.2) is 34.9 Å². The molecule has 0 atom stereocenters. The Labute approximate surface area is 103 Å². The molecule has 0 fully saturated rings. The number of fused-ring (bicyclic) bond motifs is 1. The Morgan fingerprint density at radius 3 is 2.94 bits per heavy atom. The Kier molecular flexibility index (Phi) is 2.41. The van der Waals surface area contributed by atoms with E-state index in [-0.39, 0.29) is 0 Å². The second-order valence-electron chi connectivity index (χ2n) is 3.83. The van der Waals surface area contributed by atoms with Crippen LogP contribution in [0.4, 0.5) is 0 Å². The molecule has 3 rings (SSSR count). The van der Waals surface area contributed by atoms with E-state index in [1.165, 1.54) is 0 Å². The molecule has 0 aliphatic rings. The monoisotopic (exact) mass is 246 g/mol. The summed E-state index contributed by atoms with van der Waals surface area (Å²) in [5.41, 5.74) is 2.02. The fourth-order valence-electron chi connectivity index (χ4n) is 1.92. The van der Waals surface area contributed by atoms with Gasteiger partial charge in [-0.25, -0.2) is 4.98 Å². The van der Waals surface area contributed by atoms with E-state index in [2.05, 4.69) is 9.97 Å². The molecule has 0 bridgehead atoms. The van der Waals surface area contributed by atoms with Crippen molar-refractivity contribution in [2.24, 2.45) is 0 Å². The molecule has 2 aromatic heterocycles. The minimum absolute atomic E-state index is 0.423. The maximum Gasteiger partial charge on any atom is 0.196 e. The highest BCUT2D eigenvalue weighted by Gasteiger charge is 2.15. The number of aromatic amines is 1. The quantitative estimate of drug-likeness (QED) is 0.742. The Morgan fingerprint density at radius 1 is 1.35 bits per heavy atom. The van der Waals surface area contributed by atoms with Gasteiger partial charge in [0, 0.05) is 29.1 Å². The van der Waals surface area contributed by atoms with Gasteiger partial charge >= 0.3 is 0 Å². The van der Waals surface area contributed by atoms with E-state index in [4.69, 9.17) is 16.0 Å². The van der Waals surface area contributed by atoms with E-state index >= 15 is 0 Å². The average Bonchev–Trinajstić information content (AvgIpc) is 2.92. The van der Waals surface area contributed by atoms with Gasteiger partial charge in [0.25, 0.3) is 0 Å². The summed E-state index contributed by atoms with van der Waals surface area (Å²) in [5, 5.41) is 1.51. The van der Waals surface area contributed by atoms with E-state index in [9.17, 15) is 0 Å². The predicted molar refractivity (Wildman–Crippen MR) is 68.2 cm³/mol. The van der Waals surface area contributed by atoms with Crippen molar-refractivity contribution in [2.45, 2.75) is 13.3 Å². The van der Waals surface area contributed by atoms with Gasteiger partial charge in [-0.1, -0.05) is 36.7 Å². The molecule has 0 aliphatic carbocycles. The van der Waals surface area contributed by atoms with Gasteiger partial charge < -0.3 is 9.40 Å². The third-order valence-electron chi connectivity index (χ3n) is 2.77. The van der Waals surface area contributed by atoms with Crippen molar-refractivity contribution in [3.05, 3.63) is 41.5 Å². The first-order valence-electron chi connectivity index (χ1n) is 5.51. The van der Waals surface area contributed by atoms with Crippen LogP contribution in [-0.4, -0.2) is 9.97 Å². The molecular weight excluding hydrogens is 236 g/mol. The number of halogens is 1. The number of H-pyrrole nitrogens is 1. The van der Waals surface area contributed by atoms with Crippen molar-refractivity contribution in [1.82, 2.24) is 9.97 Å². The van der Waals surface area contributed by atoms with E-state index < -0.39 is 0 Å². The van der Waals surface area contributed by atoms with Gasteiger partial charge in [-0.2, -0.15) is 0 Å². The summed E-state index contributed by atoms with van der Waals surface area (Å²) >= 11 is 6.10. The Bertz CT molecular complexity index is 669. The minimum atomic E-state index is 0.423. The molecule has 0 aliphatic heterocycles. The van der Waals surface area contributed by atoms with Gasteiger partial charge in [-0.3, -0.25) is 0 Å². The maximum absolute atomic E-state index is 6.10. The molecule has 3 aromatic rings. The number of hydrogen-bond donors (Lipinski definition) is 1. The van der Waals surface area contributed by atoms with Crippen molar-refractivity contribution in [2.75, 3.05) is 0 Å². The number of nitrogens with zero attached hydrogens (tertiary/aromatic N) is 1. The summed E-state index contributed by atoms with van der Waals surface area (Å²) < 4.78 is 5.65. The first-order valence-corrected chi connectivity index (χ1v) is 5.89. The van der Waals surface area contributed by atoms with Crippen molar-refractivity contribution < 1.29 is 4.42 Å². The highest BCUT2D eigenvalue weighted by Crippen LogP contribution is 2.34. The zero-order valence-electron chi connectivity index (χ0n) is 9.33. The SMILES string of the molecule is CCc1nc(Cl)c(-c2c[nH]c3ccccc23)o1. The van der Waals surface area contributed by atoms with Crippen LogP contribution in [0.2, 0.25) is 5.15 Å². The lowest BCUT2D eigenvalue weighted by molar-refractivity contribution is 0.514. The number of rotatable bonds is 2. The van der Waals surface area contributed by atoms with Gasteiger partial charge in [0.05, 0.1) is 0 Å². The Hall–Kier alpha value is -1.74. The molecule has 0 saturated carbocycles. The lowest BCUT2D eigenvalue weighted by Gasteiger charge is -1.94. The summed E-state index contributed by atoms with van der Waals surface area (Å²) in [6.07, 6.45) is 2.64. The number of aryl methyl sites for hydroxylation is 1. The Morgan fingerprint density at radius 2 is 2.18 bits per heavy atom. The van der Waals surface area contributed by atoms with Gasteiger partial charge in [0.15, 0.2) is 16.8 Å². The zero-order valence-corrected chi connectivity index (χ0v) is 10.1. The van der Waals surface area contributed by atoms with Crippen LogP contribution in [0.25, 0.3) is 22.2 Å². The third kappa shape index (κ3) is 1.63. The highest BCUT2D eigenvalue weighted by molar-refractivity contribution is 6.32. The van der Waals surface area contributed by atoms with Crippen molar-refractivity contribution in [3.63, 3.8) is 0 Å². The molecule has 17 heavy (non-hydrogen) atoms. The van der Waals surface area contributed by atoms with Crippen LogP contribution in [0, 0.1) is 0 Å². The number of benzene rings is 1. The summed E-state index contributed by atoms with van der Waals surface area (Å²) in [7, 11) is 0. The topological polar surface area (TPSA) is 41.8 Å². The molecule has 0 saturated heterocycles. The highest BCUT2D eigenvalue weighted by atomic mass is 35.5. The molecule has 0 unspecified atom stereocenters. The normalized spacial score (nSPS) is 11.2. The molecule has 1 aromatic carbocycles. The molecule has 0 spiro atoms. The zero-order chi connectivity index (χ0) is 11.8.